The second-order valence-corrected chi connectivity index (χ2v) is 21.7. The SMILES string of the molecule is CCN1CCN(C2CC3(CCN(c4ccc(C(=O)NS(=O)(=O)c5cnc(NCC6CCC(C)(O)CC6)c([N+](=O)[O-])c5)c(Oc5cnc6[nH]cc(F)c6c5)c4)CC3)C2)[C@H](c2ccccc2C(C)C)C1. The third-order valence-corrected chi connectivity index (χ3v) is 16.4. The first-order valence-corrected chi connectivity index (χ1v) is 25.4. The molecular weight excluding hydrogens is 890 g/mol. The Labute approximate surface area is 396 Å². The predicted molar refractivity (Wildman–Crippen MR) is 258 cm³/mol. The van der Waals surface area contributed by atoms with Gasteiger partial charge < -0.3 is 29.9 Å². The van der Waals surface area contributed by atoms with Gasteiger partial charge in [-0.05, 0) is 111 Å². The van der Waals surface area contributed by atoms with Crippen LogP contribution in [0.3, 0.4) is 0 Å². The van der Waals surface area contributed by atoms with E-state index in [1.54, 1.807) is 19.1 Å². The largest absolute Gasteiger partial charge is 0.455 e. The van der Waals surface area contributed by atoms with Crippen LogP contribution in [-0.4, -0.2) is 107 Å². The first kappa shape index (κ1) is 47.4. The number of sulfonamides is 1. The molecule has 1 atom stereocenters. The van der Waals surface area contributed by atoms with Gasteiger partial charge in [0, 0.05) is 75.4 Å². The molecule has 2 aromatic carbocycles. The molecule has 0 radical (unpaired) electrons. The summed E-state index contributed by atoms with van der Waals surface area (Å²) in [5.41, 5.74) is 2.75. The number of carbonyl (C=O) groups is 1. The molecule has 5 aromatic rings. The minimum absolute atomic E-state index is 0.0168. The molecule has 4 fully saturated rings. The number of rotatable bonds is 14. The number of fused-ring (bicyclic) bond motifs is 1. The molecule has 16 nitrogen and oxygen atoms in total. The summed E-state index contributed by atoms with van der Waals surface area (Å²) in [5, 5.41) is 25.6. The van der Waals surface area contributed by atoms with Crippen LogP contribution in [0.5, 0.6) is 11.5 Å². The van der Waals surface area contributed by atoms with Crippen molar-refractivity contribution in [1.29, 1.82) is 0 Å². The highest BCUT2D eigenvalue weighted by Gasteiger charge is 2.50. The van der Waals surface area contributed by atoms with E-state index in [0.29, 0.717) is 43.0 Å². The molecule has 2 saturated heterocycles. The van der Waals surface area contributed by atoms with E-state index in [-0.39, 0.29) is 39.6 Å². The van der Waals surface area contributed by atoms with Gasteiger partial charge in [-0.1, -0.05) is 45.0 Å². The van der Waals surface area contributed by atoms with Crippen molar-refractivity contribution < 1.29 is 32.4 Å². The topological polar surface area (TPSA) is 199 Å². The first-order valence-electron chi connectivity index (χ1n) is 23.9. The fourth-order valence-corrected chi connectivity index (χ4v) is 11.9. The van der Waals surface area contributed by atoms with Gasteiger partial charge in [-0.15, -0.1) is 0 Å². The van der Waals surface area contributed by atoms with E-state index in [1.165, 1.54) is 35.7 Å². The highest BCUT2D eigenvalue weighted by Crippen LogP contribution is 2.53. The number of nitro groups is 1. The van der Waals surface area contributed by atoms with Crippen molar-refractivity contribution in [3.8, 4) is 11.5 Å². The van der Waals surface area contributed by atoms with Crippen LogP contribution in [0.2, 0.25) is 0 Å². The number of amides is 1. The molecule has 4 N–H and O–H groups in total. The fourth-order valence-electron chi connectivity index (χ4n) is 11.0. The fraction of sp³-hybridized carbons (Fsp3) is 0.500. The second kappa shape index (κ2) is 19.0. The lowest BCUT2D eigenvalue weighted by atomic mass is 9.59. The van der Waals surface area contributed by atoms with Crippen molar-refractivity contribution in [2.24, 2.45) is 11.3 Å². The lowest BCUT2D eigenvalue weighted by Gasteiger charge is -2.58. The zero-order valence-corrected chi connectivity index (χ0v) is 40.0. The van der Waals surface area contributed by atoms with Crippen LogP contribution >= 0.6 is 0 Å². The quantitative estimate of drug-likeness (QED) is 0.0611. The van der Waals surface area contributed by atoms with Crippen molar-refractivity contribution in [2.45, 2.75) is 108 Å². The number of benzene rings is 2. The molecule has 18 heteroatoms. The van der Waals surface area contributed by atoms with Crippen LogP contribution < -0.4 is 19.7 Å². The predicted octanol–water partition coefficient (Wildman–Crippen LogP) is 8.52. The molecule has 9 rings (SSSR count). The number of aromatic nitrogens is 3. The van der Waals surface area contributed by atoms with Crippen LogP contribution in [0.4, 0.5) is 21.6 Å². The molecule has 2 aliphatic heterocycles. The molecule has 2 aliphatic carbocycles. The average molecular weight is 952 g/mol. The summed E-state index contributed by atoms with van der Waals surface area (Å²) in [6.07, 6.45) is 10.5. The van der Waals surface area contributed by atoms with E-state index in [0.717, 1.165) is 95.7 Å². The molecule has 1 amide bonds. The lowest BCUT2D eigenvalue weighted by Crippen LogP contribution is -2.60. The highest BCUT2D eigenvalue weighted by molar-refractivity contribution is 7.90. The summed E-state index contributed by atoms with van der Waals surface area (Å²) < 4.78 is 50.4. The van der Waals surface area contributed by atoms with Crippen LogP contribution in [0, 0.1) is 27.3 Å². The lowest BCUT2D eigenvalue weighted by molar-refractivity contribution is -0.384. The first-order chi connectivity index (χ1) is 32.5. The van der Waals surface area contributed by atoms with E-state index in [4.69, 9.17) is 4.74 Å². The molecule has 0 bridgehead atoms. The van der Waals surface area contributed by atoms with E-state index < -0.39 is 42.9 Å². The number of piperazine rings is 1. The van der Waals surface area contributed by atoms with Gasteiger partial charge in [-0.2, -0.15) is 0 Å². The molecule has 2 saturated carbocycles. The van der Waals surface area contributed by atoms with Crippen molar-refractivity contribution in [2.75, 3.05) is 56.0 Å². The maximum atomic E-state index is 14.7. The van der Waals surface area contributed by atoms with Crippen LogP contribution in [0.25, 0.3) is 11.0 Å². The van der Waals surface area contributed by atoms with Crippen LogP contribution in [0.15, 0.2) is 78.1 Å². The summed E-state index contributed by atoms with van der Waals surface area (Å²) in [5.74, 6) is -0.951. The Kier molecular flexibility index (Phi) is 13.2. The van der Waals surface area contributed by atoms with E-state index >= 15 is 0 Å². The molecule has 4 aliphatic rings. The van der Waals surface area contributed by atoms with Crippen molar-refractivity contribution in [3.05, 3.63) is 106 Å². The van der Waals surface area contributed by atoms with E-state index in [1.807, 2.05) is 0 Å². The Hall–Kier alpha value is -5.69. The Bertz CT molecular complexity index is 2780. The van der Waals surface area contributed by atoms with Gasteiger partial charge in [-0.3, -0.25) is 19.8 Å². The Morgan fingerprint density at radius 1 is 1.03 bits per heavy atom. The number of nitrogens with zero attached hydrogens (tertiary/aromatic N) is 6. The second-order valence-electron chi connectivity index (χ2n) is 20.0. The van der Waals surface area contributed by atoms with Crippen molar-refractivity contribution in [3.63, 3.8) is 0 Å². The van der Waals surface area contributed by atoms with Gasteiger partial charge in [0.05, 0.1) is 33.9 Å². The third-order valence-electron chi connectivity index (χ3n) is 15.1. The molecule has 68 heavy (non-hydrogen) atoms. The normalized spacial score (nSPS) is 22.6. The van der Waals surface area contributed by atoms with Gasteiger partial charge in [0.15, 0.2) is 0 Å². The minimum atomic E-state index is -4.69. The number of carbonyl (C=O) groups excluding carboxylic acids is 1. The van der Waals surface area contributed by atoms with Gasteiger partial charge in [0.1, 0.15) is 27.9 Å². The third kappa shape index (κ3) is 9.91. The number of piperidine rings is 1. The summed E-state index contributed by atoms with van der Waals surface area (Å²) in [4.78, 5) is 43.6. The summed E-state index contributed by atoms with van der Waals surface area (Å²) in [6, 6.07) is 17.1. The number of likely N-dealkylation sites (N-methyl/N-ethyl adjacent to an activating group) is 1. The van der Waals surface area contributed by atoms with Gasteiger partial charge in [0.25, 0.3) is 15.9 Å². The number of ether oxygens (including phenoxy) is 1. The van der Waals surface area contributed by atoms with E-state index in [9.17, 15) is 32.8 Å². The Balaban J connectivity index is 0.908. The zero-order chi connectivity index (χ0) is 48.0. The molecular formula is C50H62FN9O7S. The molecule has 5 heterocycles. The zero-order valence-electron chi connectivity index (χ0n) is 39.2. The minimum Gasteiger partial charge on any atom is -0.455 e. The number of aromatic amines is 1. The summed E-state index contributed by atoms with van der Waals surface area (Å²) in [7, 11) is -4.69. The van der Waals surface area contributed by atoms with Crippen molar-refractivity contribution >= 4 is 44.2 Å². The number of anilines is 2. The smallest absolute Gasteiger partial charge is 0.312 e. The van der Waals surface area contributed by atoms with Gasteiger partial charge >= 0.3 is 5.69 Å². The maximum Gasteiger partial charge on any atom is 0.312 e. The summed E-state index contributed by atoms with van der Waals surface area (Å²) >= 11 is 0. The van der Waals surface area contributed by atoms with E-state index in [2.05, 4.69) is 84.7 Å². The number of H-pyrrole nitrogens is 1. The van der Waals surface area contributed by atoms with Gasteiger partial charge in [-0.25, -0.2) is 27.5 Å². The molecule has 1 spiro atoms. The highest BCUT2D eigenvalue weighted by atomic mass is 32.2. The van der Waals surface area contributed by atoms with Gasteiger partial charge in [0.2, 0.25) is 5.82 Å². The van der Waals surface area contributed by atoms with Crippen LogP contribution in [-0.2, 0) is 10.0 Å². The average Bonchev–Trinajstić information content (AvgIpc) is 3.69. The van der Waals surface area contributed by atoms with Crippen LogP contribution in [0.1, 0.15) is 113 Å². The number of hydrogen-bond donors (Lipinski definition) is 4. The number of halogens is 1. The molecule has 3 aromatic heterocycles. The Morgan fingerprint density at radius 3 is 2.50 bits per heavy atom. The monoisotopic (exact) mass is 951 g/mol. The maximum absolute atomic E-state index is 14.7. The molecule has 362 valence electrons. The number of nitrogens with one attached hydrogen (secondary N) is 3. The van der Waals surface area contributed by atoms with Crippen molar-refractivity contribution in [1.82, 2.24) is 29.5 Å². The number of aliphatic hydroxyl groups is 1. The summed E-state index contributed by atoms with van der Waals surface area (Å²) in [6.45, 7) is 14.7. The number of pyridine rings is 2. The Morgan fingerprint density at radius 2 is 1.78 bits per heavy atom. The molecule has 0 unspecified atom stereocenters. The standard InChI is InChI=1S/C50H62FN9O7S/c1-5-57-20-21-59(44(31-57)39-9-7-6-8-38(39)32(2)3)35-25-50(26-35)16-18-58(19-17-50)34-10-11-40(45(22-34)67-36-23-41-42(51)30-55-46(41)53-28-36)48(61)56-68(65,66)37-24-43(60(63)64)47(54-29-37)52-27-33-12-14-49(4,62)15-13-33/h6-11,22-24,28-30,32-33,35,44,62H,5,12-21,25-27,31H2,1-4H3,(H,52,54)(H,53,55)(H,56,61)/t33?,44-,49?/m0/s1. The number of hydrogen-bond acceptors (Lipinski definition) is 13.